The number of ether oxygens (including phenoxy) is 1. The molecule has 0 aromatic heterocycles. The van der Waals surface area contributed by atoms with Crippen molar-refractivity contribution in [3.8, 4) is 0 Å². The van der Waals surface area contributed by atoms with Gasteiger partial charge in [-0.2, -0.15) is 0 Å². The van der Waals surface area contributed by atoms with Gasteiger partial charge in [0.05, 0.1) is 6.54 Å². The van der Waals surface area contributed by atoms with Crippen molar-refractivity contribution in [3.63, 3.8) is 0 Å². The van der Waals surface area contributed by atoms with E-state index in [1.54, 1.807) is 4.90 Å². The number of piperazine rings is 1. The predicted molar refractivity (Wildman–Crippen MR) is 77.2 cm³/mol. The van der Waals surface area contributed by atoms with Gasteiger partial charge in [-0.1, -0.05) is 0 Å². The average molecular weight is 299 g/mol. The Morgan fingerprint density at radius 1 is 1.24 bits per heavy atom. The van der Waals surface area contributed by atoms with E-state index in [1.165, 1.54) is 0 Å². The van der Waals surface area contributed by atoms with Gasteiger partial charge in [0.25, 0.3) is 0 Å². The first kappa shape index (κ1) is 16.0. The van der Waals surface area contributed by atoms with Gasteiger partial charge >= 0.3 is 12.0 Å². The van der Waals surface area contributed by atoms with Crippen molar-refractivity contribution < 1.29 is 19.4 Å². The van der Waals surface area contributed by atoms with Crippen LogP contribution in [-0.2, 0) is 9.53 Å². The maximum absolute atomic E-state index is 12.2. The first-order valence-electron chi connectivity index (χ1n) is 7.63. The van der Waals surface area contributed by atoms with Crippen molar-refractivity contribution in [2.24, 2.45) is 5.92 Å². The van der Waals surface area contributed by atoms with Crippen LogP contribution in [0, 0.1) is 5.92 Å². The van der Waals surface area contributed by atoms with Crippen molar-refractivity contribution in [3.05, 3.63) is 0 Å². The van der Waals surface area contributed by atoms with Crippen LogP contribution in [0.15, 0.2) is 0 Å². The summed E-state index contributed by atoms with van der Waals surface area (Å²) in [5.41, 5.74) is 0. The molecule has 0 aliphatic carbocycles. The van der Waals surface area contributed by atoms with Gasteiger partial charge in [-0.05, 0) is 25.7 Å². The van der Waals surface area contributed by atoms with Crippen LogP contribution < -0.4 is 5.32 Å². The molecule has 0 spiro atoms. The molecule has 7 nitrogen and oxygen atoms in total. The normalized spacial score (nSPS) is 22.8. The minimum absolute atomic E-state index is 0.0380. The van der Waals surface area contributed by atoms with E-state index < -0.39 is 5.97 Å². The first-order chi connectivity index (χ1) is 10.1. The molecule has 1 unspecified atom stereocenters. The average Bonchev–Trinajstić information content (AvgIpc) is 2.48. The van der Waals surface area contributed by atoms with Crippen molar-refractivity contribution in [2.45, 2.75) is 25.8 Å². The fourth-order valence-electron chi connectivity index (χ4n) is 2.92. The van der Waals surface area contributed by atoms with Crippen LogP contribution in [0.3, 0.4) is 0 Å². The molecule has 2 aliphatic heterocycles. The highest BCUT2D eigenvalue weighted by molar-refractivity contribution is 5.74. The van der Waals surface area contributed by atoms with Crippen LogP contribution in [0.25, 0.3) is 0 Å². The van der Waals surface area contributed by atoms with Crippen molar-refractivity contribution in [2.75, 3.05) is 45.9 Å². The van der Waals surface area contributed by atoms with Gasteiger partial charge in [0, 0.05) is 45.4 Å². The summed E-state index contributed by atoms with van der Waals surface area (Å²) >= 11 is 0. The Balaban J connectivity index is 1.72. The molecule has 120 valence electrons. The van der Waals surface area contributed by atoms with Crippen LogP contribution >= 0.6 is 0 Å². The van der Waals surface area contributed by atoms with Gasteiger partial charge in [0.1, 0.15) is 0 Å². The number of amides is 2. The Bertz CT molecular complexity index is 363. The monoisotopic (exact) mass is 299 g/mol. The summed E-state index contributed by atoms with van der Waals surface area (Å²) in [4.78, 5) is 26.5. The zero-order valence-corrected chi connectivity index (χ0v) is 12.6. The topological polar surface area (TPSA) is 82.1 Å². The molecule has 1 atom stereocenters. The van der Waals surface area contributed by atoms with Gasteiger partial charge in [-0.15, -0.1) is 0 Å². The molecule has 2 heterocycles. The van der Waals surface area contributed by atoms with Crippen LogP contribution in [-0.4, -0.2) is 78.9 Å². The Morgan fingerprint density at radius 3 is 2.43 bits per heavy atom. The Morgan fingerprint density at radius 2 is 1.86 bits per heavy atom. The third-order valence-corrected chi connectivity index (χ3v) is 4.34. The lowest BCUT2D eigenvalue weighted by molar-refractivity contribution is -0.138. The van der Waals surface area contributed by atoms with Crippen LogP contribution in [0.5, 0.6) is 0 Å². The molecule has 2 N–H and O–H groups in total. The van der Waals surface area contributed by atoms with Crippen molar-refractivity contribution in [1.82, 2.24) is 15.1 Å². The van der Waals surface area contributed by atoms with Gasteiger partial charge in [-0.25, -0.2) is 4.79 Å². The molecule has 2 fully saturated rings. The zero-order valence-electron chi connectivity index (χ0n) is 12.6. The number of nitrogens with zero attached hydrogens (tertiary/aromatic N) is 2. The van der Waals surface area contributed by atoms with E-state index >= 15 is 0 Å². The summed E-state index contributed by atoms with van der Waals surface area (Å²) in [5.74, 6) is -0.336. The number of aliphatic carboxylic acids is 1. The lowest BCUT2D eigenvalue weighted by Crippen LogP contribution is -2.54. The summed E-state index contributed by atoms with van der Waals surface area (Å²) in [6.45, 7) is 6.05. The molecule has 2 amide bonds. The smallest absolute Gasteiger partial charge is 0.317 e. The second-order valence-electron chi connectivity index (χ2n) is 5.84. The molecule has 0 saturated carbocycles. The number of hydrogen-bond acceptors (Lipinski definition) is 4. The highest BCUT2D eigenvalue weighted by Crippen LogP contribution is 2.18. The standard InChI is InChI=1S/C14H25N3O4/c1-11(12-2-8-21-9-3-12)15-14(20)17-6-4-16(5-7-17)10-13(18)19/h11-12H,2-10H2,1H3,(H,15,20)(H,18,19). The van der Waals surface area contributed by atoms with E-state index in [1.807, 2.05) is 4.90 Å². The number of carboxylic acid groups (broad SMARTS) is 1. The molecule has 21 heavy (non-hydrogen) atoms. The molecule has 2 rings (SSSR count). The summed E-state index contributed by atoms with van der Waals surface area (Å²) in [5, 5.41) is 11.8. The number of rotatable bonds is 4. The molecule has 0 radical (unpaired) electrons. The van der Waals surface area contributed by atoms with E-state index in [-0.39, 0.29) is 18.6 Å². The van der Waals surface area contributed by atoms with Crippen LogP contribution in [0.2, 0.25) is 0 Å². The third kappa shape index (κ3) is 4.86. The van der Waals surface area contributed by atoms with Crippen LogP contribution in [0.4, 0.5) is 4.79 Å². The Hall–Kier alpha value is -1.34. The first-order valence-corrected chi connectivity index (χ1v) is 7.63. The summed E-state index contributed by atoms with van der Waals surface area (Å²) in [6.07, 6.45) is 1.99. The summed E-state index contributed by atoms with van der Waals surface area (Å²) < 4.78 is 5.34. The Labute approximate surface area is 125 Å². The molecule has 2 saturated heterocycles. The second-order valence-corrected chi connectivity index (χ2v) is 5.84. The summed E-state index contributed by atoms with van der Waals surface area (Å²) in [6, 6.07) is 0.113. The third-order valence-electron chi connectivity index (χ3n) is 4.34. The van der Waals surface area contributed by atoms with E-state index in [2.05, 4.69) is 12.2 Å². The largest absolute Gasteiger partial charge is 0.480 e. The highest BCUT2D eigenvalue weighted by atomic mass is 16.5. The van der Waals surface area contributed by atoms with Gasteiger partial charge in [0.15, 0.2) is 0 Å². The maximum atomic E-state index is 12.2. The minimum Gasteiger partial charge on any atom is -0.480 e. The van der Waals surface area contributed by atoms with Gasteiger partial charge in [0.2, 0.25) is 0 Å². The van der Waals surface area contributed by atoms with E-state index in [0.717, 1.165) is 26.1 Å². The molecule has 0 aromatic rings. The number of carbonyl (C=O) groups is 2. The van der Waals surface area contributed by atoms with Gasteiger partial charge in [-0.3, -0.25) is 9.69 Å². The lowest BCUT2D eigenvalue weighted by Gasteiger charge is -2.35. The maximum Gasteiger partial charge on any atom is 0.317 e. The zero-order chi connectivity index (χ0) is 15.2. The molecule has 0 aromatic carbocycles. The van der Waals surface area contributed by atoms with E-state index in [9.17, 15) is 9.59 Å². The minimum atomic E-state index is -0.818. The SMILES string of the molecule is CC(NC(=O)N1CCN(CC(=O)O)CC1)C1CCOCC1. The quantitative estimate of drug-likeness (QED) is 0.775. The number of carboxylic acids is 1. The molecular formula is C14H25N3O4. The fraction of sp³-hybridized carbons (Fsp3) is 0.857. The number of urea groups is 1. The highest BCUT2D eigenvalue weighted by Gasteiger charge is 2.26. The number of hydrogen-bond donors (Lipinski definition) is 2. The summed E-state index contributed by atoms with van der Waals surface area (Å²) in [7, 11) is 0. The predicted octanol–water partition coefficient (Wildman–Crippen LogP) is 0.213. The lowest BCUT2D eigenvalue weighted by atomic mass is 9.93. The van der Waals surface area contributed by atoms with E-state index in [4.69, 9.17) is 9.84 Å². The molecule has 2 aliphatic rings. The number of carbonyl (C=O) groups excluding carboxylic acids is 1. The molecule has 7 heteroatoms. The molecular weight excluding hydrogens is 274 g/mol. The van der Waals surface area contributed by atoms with Crippen molar-refractivity contribution in [1.29, 1.82) is 0 Å². The van der Waals surface area contributed by atoms with Gasteiger partial charge < -0.3 is 20.1 Å². The van der Waals surface area contributed by atoms with Crippen molar-refractivity contribution >= 4 is 12.0 Å². The fourth-order valence-corrected chi connectivity index (χ4v) is 2.92. The Kier molecular flexibility index (Phi) is 5.81. The second kappa shape index (κ2) is 7.61. The van der Waals surface area contributed by atoms with Crippen LogP contribution in [0.1, 0.15) is 19.8 Å². The van der Waals surface area contributed by atoms with E-state index in [0.29, 0.717) is 32.1 Å². The number of nitrogens with one attached hydrogen (secondary N) is 1. The molecule has 0 bridgehead atoms.